The van der Waals surface area contributed by atoms with Gasteiger partial charge in [0.2, 0.25) is 11.8 Å². The van der Waals surface area contributed by atoms with Gasteiger partial charge in [-0.25, -0.2) is 4.98 Å². The number of halogens is 1. The van der Waals surface area contributed by atoms with Crippen molar-refractivity contribution in [2.75, 3.05) is 24.4 Å². The fraction of sp³-hybridized carbons (Fsp3) is 0.556. The molecule has 15 heavy (non-hydrogen) atoms. The summed E-state index contributed by atoms with van der Waals surface area (Å²) in [4.78, 5) is 8.36. The molecule has 4 nitrogen and oxygen atoms in total. The van der Waals surface area contributed by atoms with Gasteiger partial charge in [0.15, 0.2) is 0 Å². The Morgan fingerprint density at radius 1 is 1.67 bits per heavy atom. The molecule has 0 aromatic carbocycles. The number of nitrogens with zero attached hydrogens (tertiary/aromatic N) is 2. The van der Waals surface area contributed by atoms with E-state index in [4.69, 9.17) is 4.74 Å². The van der Waals surface area contributed by atoms with Crippen LogP contribution in [0.4, 0.5) is 5.95 Å². The number of thioether (sulfide) groups is 1. The molecule has 0 aliphatic carbocycles. The van der Waals surface area contributed by atoms with Gasteiger partial charge in [0.1, 0.15) is 0 Å². The topological polar surface area (TPSA) is 47.0 Å². The monoisotopic (exact) mass is 291 g/mol. The van der Waals surface area contributed by atoms with Crippen molar-refractivity contribution in [2.45, 2.75) is 13.0 Å². The lowest BCUT2D eigenvalue weighted by Crippen LogP contribution is -2.19. The molecule has 0 radical (unpaired) electrons. The molecule has 1 unspecified atom stereocenters. The summed E-state index contributed by atoms with van der Waals surface area (Å²) < 4.78 is 5.84. The Hall–Kier alpha value is -0.490. The first-order chi connectivity index (χ1) is 7.17. The molecular weight excluding hydrogens is 278 g/mol. The van der Waals surface area contributed by atoms with Crippen molar-refractivity contribution < 1.29 is 4.74 Å². The van der Waals surface area contributed by atoms with Crippen molar-refractivity contribution in [3.8, 4) is 5.88 Å². The lowest BCUT2D eigenvalue weighted by atomic mass is 10.4. The predicted molar refractivity (Wildman–Crippen MR) is 67.8 cm³/mol. The average Bonchev–Trinajstić information content (AvgIpc) is 2.21. The highest BCUT2D eigenvalue weighted by atomic mass is 79.9. The second-order valence-corrected chi connectivity index (χ2v) is 4.82. The number of methoxy groups -OCH3 is 1. The zero-order chi connectivity index (χ0) is 11.3. The Morgan fingerprint density at radius 2 is 2.40 bits per heavy atom. The molecule has 0 saturated carbocycles. The zero-order valence-corrected chi connectivity index (χ0v) is 11.4. The van der Waals surface area contributed by atoms with Crippen LogP contribution in [0.2, 0.25) is 0 Å². The van der Waals surface area contributed by atoms with Crippen molar-refractivity contribution >= 4 is 33.6 Å². The van der Waals surface area contributed by atoms with Gasteiger partial charge in [-0.3, -0.25) is 0 Å². The van der Waals surface area contributed by atoms with E-state index in [1.807, 2.05) is 0 Å². The van der Waals surface area contributed by atoms with Crippen LogP contribution in [-0.4, -0.2) is 35.1 Å². The smallest absolute Gasteiger partial charge is 0.232 e. The molecule has 84 valence electrons. The quantitative estimate of drug-likeness (QED) is 0.903. The molecule has 1 heterocycles. The largest absolute Gasteiger partial charge is 0.480 e. The van der Waals surface area contributed by atoms with Crippen LogP contribution < -0.4 is 10.1 Å². The highest BCUT2D eigenvalue weighted by Crippen LogP contribution is 2.22. The number of hydrogen-bond acceptors (Lipinski definition) is 5. The minimum atomic E-state index is 0.339. The lowest BCUT2D eigenvalue weighted by Gasteiger charge is -2.12. The first-order valence-electron chi connectivity index (χ1n) is 4.49. The van der Waals surface area contributed by atoms with Crippen LogP contribution in [-0.2, 0) is 0 Å². The van der Waals surface area contributed by atoms with E-state index in [-0.39, 0.29) is 0 Å². The third-order valence-corrected chi connectivity index (χ3v) is 3.07. The van der Waals surface area contributed by atoms with Gasteiger partial charge in [0, 0.05) is 11.8 Å². The fourth-order valence-corrected chi connectivity index (χ4v) is 2.01. The standard InChI is InChI=1S/C9H14BrN3OS/c1-6(5-15-3)12-9-11-4-7(10)8(13-9)14-2/h4,6H,5H2,1-3H3,(H,11,12,13). The van der Waals surface area contributed by atoms with Gasteiger partial charge >= 0.3 is 0 Å². The molecule has 1 aromatic rings. The van der Waals surface area contributed by atoms with E-state index in [0.29, 0.717) is 17.9 Å². The van der Waals surface area contributed by atoms with Crippen molar-refractivity contribution in [1.82, 2.24) is 9.97 Å². The van der Waals surface area contributed by atoms with Gasteiger partial charge < -0.3 is 10.1 Å². The molecule has 0 spiro atoms. The second kappa shape index (κ2) is 6.17. The van der Waals surface area contributed by atoms with E-state index in [1.54, 1.807) is 25.1 Å². The number of rotatable bonds is 5. The normalized spacial score (nSPS) is 12.3. The van der Waals surface area contributed by atoms with E-state index < -0.39 is 0 Å². The third kappa shape index (κ3) is 3.87. The molecule has 1 N–H and O–H groups in total. The number of aromatic nitrogens is 2. The Kier molecular flexibility index (Phi) is 5.17. The summed E-state index contributed by atoms with van der Waals surface area (Å²) in [7, 11) is 1.59. The highest BCUT2D eigenvalue weighted by molar-refractivity contribution is 9.10. The van der Waals surface area contributed by atoms with Crippen LogP contribution >= 0.6 is 27.7 Å². The molecule has 0 bridgehead atoms. The van der Waals surface area contributed by atoms with Crippen LogP contribution in [0, 0.1) is 0 Å². The molecule has 0 fully saturated rings. The SMILES string of the molecule is COc1nc(NC(C)CSC)ncc1Br. The first kappa shape index (κ1) is 12.6. The van der Waals surface area contributed by atoms with Gasteiger partial charge in [0.05, 0.1) is 17.8 Å². The number of anilines is 1. The zero-order valence-electron chi connectivity index (χ0n) is 8.95. The first-order valence-corrected chi connectivity index (χ1v) is 6.68. The molecular formula is C9H14BrN3OS. The molecule has 6 heteroatoms. The Balaban J connectivity index is 2.69. The Labute approximate surface area is 102 Å². The van der Waals surface area contributed by atoms with Gasteiger partial charge in [-0.05, 0) is 29.1 Å². The minimum Gasteiger partial charge on any atom is -0.480 e. The van der Waals surface area contributed by atoms with E-state index in [1.165, 1.54) is 0 Å². The molecule has 0 aliphatic heterocycles. The fourth-order valence-electron chi connectivity index (χ4n) is 1.08. The summed E-state index contributed by atoms with van der Waals surface area (Å²) in [5, 5.41) is 3.20. The maximum Gasteiger partial charge on any atom is 0.232 e. The Morgan fingerprint density at radius 3 is 3.00 bits per heavy atom. The van der Waals surface area contributed by atoms with Crippen LogP contribution in [0.15, 0.2) is 10.7 Å². The van der Waals surface area contributed by atoms with E-state index in [9.17, 15) is 0 Å². The second-order valence-electron chi connectivity index (χ2n) is 3.05. The van der Waals surface area contributed by atoms with E-state index >= 15 is 0 Å². The third-order valence-electron chi connectivity index (χ3n) is 1.70. The van der Waals surface area contributed by atoms with Crippen molar-refractivity contribution in [3.63, 3.8) is 0 Å². The van der Waals surface area contributed by atoms with Crippen LogP contribution in [0.25, 0.3) is 0 Å². The minimum absolute atomic E-state index is 0.339. The summed E-state index contributed by atoms with van der Waals surface area (Å²) in [6, 6.07) is 0.339. The summed E-state index contributed by atoms with van der Waals surface area (Å²) in [5.74, 6) is 2.15. The maximum atomic E-state index is 5.08. The molecule has 1 atom stereocenters. The summed E-state index contributed by atoms with van der Waals surface area (Å²) in [6.45, 7) is 2.09. The maximum absolute atomic E-state index is 5.08. The van der Waals surface area contributed by atoms with Crippen molar-refractivity contribution in [1.29, 1.82) is 0 Å². The number of nitrogens with one attached hydrogen (secondary N) is 1. The summed E-state index contributed by atoms with van der Waals surface area (Å²) in [6.07, 6.45) is 3.75. The van der Waals surface area contributed by atoms with E-state index in [2.05, 4.69) is 44.4 Å². The molecule has 1 aromatic heterocycles. The number of hydrogen-bond donors (Lipinski definition) is 1. The van der Waals surface area contributed by atoms with Crippen LogP contribution in [0.1, 0.15) is 6.92 Å². The number of ether oxygens (including phenoxy) is 1. The van der Waals surface area contributed by atoms with Crippen molar-refractivity contribution in [3.05, 3.63) is 10.7 Å². The lowest BCUT2D eigenvalue weighted by molar-refractivity contribution is 0.394. The molecule has 0 saturated heterocycles. The van der Waals surface area contributed by atoms with Gasteiger partial charge in [-0.1, -0.05) is 0 Å². The van der Waals surface area contributed by atoms with E-state index in [0.717, 1.165) is 10.2 Å². The highest BCUT2D eigenvalue weighted by Gasteiger charge is 2.07. The van der Waals surface area contributed by atoms with Gasteiger partial charge in [-0.15, -0.1) is 0 Å². The summed E-state index contributed by atoms with van der Waals surface area (Å²) >= 11 is 5.09. The van der Waals surface area contributed by atoms with Crippen LogP contribution in [0.5, 0.6) is 5.88 Å². The van der Waals surface area contributed by atoms with Crippen LogP contribution in [0.3, 0.4) is 0 Å². The molecule has 0 aliphatic rings. The van der Waals surface area contributed by atoms with Crippen molar-refractivity contribution in [2.24, 2.45) is 0 Å². The summed E-state index contributed by atoms with van der Waals surface area (Å²) in [5.41, 5.74) is 0. The van der Waals surface area contributed by atoms with Gasteiger partial charge in [-0.2, -0.15) is 16.7 Å². The predicted octanol–water partition coefficient (Wildman–Crippen LogP) is 2.41. The van der Waals surface area contributed by atoms with Gasteiger partial charge in [0.25, 0.3) is 0 Å². The molecule has 0 amide bonds. The molecule has 1 rings (SSSR count). The average molecular weight is 292 g/mol. The Bertz CT molecular complexity index is 324.